The van der Waals surface area contributed by atoms with Crippen molar-refractivity contribution >= 4 is 17.3 Å². The molecule has 5 rings (SSSR count). The maximum absolute atomic E-state index is 9.68. The van der Waals surface area contributed by atoms with Gasteiger partial charge in [-0.25, -0.2) is 15.0 Å². The molecule has 0 unspecified atom stereocenters. The van der Waals surface area contributed by atoms with Crippen molar-refractivity contribution in [3.63, 3.8) is 0 Å². The van der Waals surface area contributed by atoms with Gasteiger partial charge in [-0.3, -0.25) is 0 Å². The third-order valence-electron chi connectivity index (χ3n) is 6.51. The third kappa shape index (κ3) is 5.87. The first-order chi connectivity index (χ1) is 18.1. The summed E-state index contributed by atoms with van der Waals surface area (Å²) in [6.45, 7) is 5.15. The van der Waals surface area contributed by atoms with Crippen LogP contribution in [-0.2, 0) is 4.74 Å². The van der Waals surface area contributed by atoms with Crippen LogP contribution in [0.4, 0.5) is 17.3 Å². The summed E-state index contributed by atoms with van der Waals surface area (Å²) >= 11 is 0. The number of rotatable bonds is 7. The van der Waals surface area contributed by atoms with Crippen molar-refractivity contribution < 1.29 is 14.2 Å². The Labute approximate surface area is 216 Å². The molecule has 3 aromatic rings. The van der Waals surface area contributed by atoms with Gasteiger partial charge in [-0.15, -0.1) is 0 Å². The van der Waals surface area contributed by atoms with Crippen molar-refractivity contribution in [2.45, 2.75) is 18.9 Å². The minimum atomic E-state index is 0.00110. The van der Waals surface area contributed by atoms with Crippen LogP contribution in [0, 0.1) is 11.3 Å². The SMILES string of the molecule is COc1nc(Nc2cc(-c3cnc(OC4CCOCC4)c(C#N)c3)ncn2)ccc1N1CCN(C)CC1. The lowest BCUT2D eigenvalue weighted by Crippen LogP contribution is -2.44. The molecule has 0 aliphatic carbocycles. The van der Waals surface area contributed by atoms with E-state index in [1.807, 2.05) is 12.1 Å². The van der Waals surface area contributed by atoms with E-state index < -0.39 is 0 Å². The van der Waals surface area contributed by atoms with E-state index in [-0.39, 0.29) is 6.10 Å². The molecule has 0 bridgehead atoms. The molecular formula is C26H30N8O3. The quantitative estimate of drug-likeness (QED) is 0.513. The van der Waals surface area contributed by atoms with Crippen LogP contribution in [0.2, 0.25) is 0 Å². The molecule has 3 aromatic heterocycles. The minimum Gasteiger partial charge on any atom is -0.479 e. The normalized spacial score (nSPS) is 16.7. The van der Waals surface area contributed by atoms with Crippen molar-refractivity contribution in [1.29, 1.82) is 5.26 Å². The molecule has 11 heteroatoms. The number of ether oxygens (including phenoxy) is 3. The molecule has 2 aliphatic heterocycles. The van der Waals surface area contributed by atoms with Gasteiger partial charge in [-0.05, 0) is 25.2 Å². The minimum absolute atomic E-state index is 0.00110. The van der Waals surface area contributed by atoms with Crippen molar-refractivity contribution in [3.8, 4) is 29.1 Å². The summed E-state index contributed by atoms with van der Waals surface area (Å²) < 4.78 is 16.9. The van der Waals surface area contributed by atoms with E-state index in [0.717, 1.165) is 44.7 Å². The summed E-state index contributed by atoms with van der Waals surface area (Å²) in [7, 11) is 3.76. The fourth-order valence-corrected chi connectivity index (χ4v) is 4.37. The van der Waals surface area contributed by atoms with Gasteiger partial charge < -0.3 is 29.3 Å². The monoisotopic (exact) mass is 502 g/mol. The molecule has 2 aliphatic rings. The maximum Gasteiger partial charge on any atom is 0.239 e. The molecule has 37 heavy (non-hydrogen) atoms. The van der Waals surface area contributed by atoms with E-state index in [0.29, 0.717) is 53.4 Å². The zero-order valence-electron chi connectivity index (χ0n) is 21.1. The second-order valence-electron chi connectivity index (χ2n) is 9.05. The van der Waals surface area contributed by atoms with E-state index in [4.69, 9.17) is 14.2 Å². The lowest BCUT2D eigenvalue weighted by Gasteiger charge is -2.34. The van der Waals surface area contributed by atoms with Gasteiger partial charge in [0.25, 0.3) is 0 Å². The predicted octanol–water partition coefficient (Wildman–Crippen LogP) is 2.87. The zero-order chi connectivity index (χ0) is 25.6. The number of hydrogen-bond donors (Lipinski definition) is 1. The fourth-order valence-electron chi connectivity index (χ4n) is 4.37. The van der Waals surface area contributed by atoms with Crippen LogP contribution in [0.1, 0.15) is 18.4 Å². The Balaban J connectivity index is 1.32. The number of pyridine rings is 2. The predicted molar refractivity (Wildman–Crippen MR) is 138 cm³/mol. The van der Waals surface area contributed by atoms with Crippen LogP contribution < -0.4 is 19.7 Å². The second kappa shape index (κ2) is 11.4. The molecule has 2 fully saturated rings. The van der Waals surface area contributed by atoms with Gasteiger partial charge >= 0.3 is 0 Å². The number of piperazine rings is 1. The fraction of sp³-hybridized carbons (Fsp3) is 0.423. The van der Waals surface area contributed by atoms with Gasteiger partial charge in [0.05, 0.1) is 26.0 Å². The van der Waals surface area contributed by atoms with Gasteiger partial charge in [0, 0.05) is 56.8 Å². The van der Waals surface area contributed by atoms with Crippen LogP contribution in [0.15, 0.2) is 36.8 Å². The Morgan fingerprint density at radius 1 is 1.03 bits per heavy atom. The summed E-state index contributed by atoms with van der Waals surface area (Å²) in [5, 5.41) is 12.9. The Hall–Kier alpha value is -4.01. The van der Waals surface area contributed by atoms with E-state index in [9.17, 15) is 5.26 Å². The molecule has 0 aromatic carbocycles. The van der Waals surface area contributed by atoms with Gasteiger partial charge in [-0.1, -0.05) is 0 Å². The van der Waals surface area contributed by atoms with Gasteiger partial charge in [0.15, 0.2) is 0 Å². The number of nitrogens with zero attached hydrogens (tertiary/aromatic N) is 7. The molecule has 0 atom stereocenters. The molecule has 1 N–H and O–H groups in total. The molecule has 0 saturated carbocycles. The van der Waals surface area contributed by atoms with Gasteiger partial charge in [0.2, 0.25) is 11.8 Å². The average Bonchev–Trinajstić information content (AvgIpc) is 2.94. The first kappa shape index (κ1) is 24.7. The number of anilines is 3. The molecule has 192 valence electrons. The highest BCUT2D eigenvalue weighted by atomic mass is 16.5. The van der Waals surface area contributed by atoms with Crippen molar-refractivity contribution in [3.05, 3.63) is 42.4 Å². The number of aromatic nitrogens is 4. The highest BCUT2D eigenvalue weighted by Gasteiger charge is 2.20. The first-order valence-electron chi connectivity index (χ1n) is 12.4. The van der Waals surface area contributed by atoms with Crippen LogP contribution in [-0.4, -0.2) is 84.5 Å². The second-order valence-corrected chi connectivity index (χ2v) is 9.05. The van der Waals surface area contributed by atoms with Gasteiger partial charge in [0.1, 0.15) is 41.4 Å². The maximum atomic E-state index is 9.68. The van der Waals surface area contributed by atoms with E-state index >= 15 is 0 Å². The number of nitrogens with one attached hydrogen (secondary N) is 1. The molecule has 0 amide bonds. The van der Waals surface area contributed by atoms with Crippen LogP contribution >= 0.6 is 0 Å². The Morgan fingerprint density at radius 3 is 2.59 bits per heavy atom. The average molecular weight is 503 g/mol. The lowest BCUT2D eigenvalue weighted by molar-refractivity contribution is 0.0236. The summed E-state index contributed by atoms with van der Waals surface area (Å²) in [5.41, 5.74) is 2.66. The largest absolute Gasteiger partial charge is 0.479 e. The zero-order valence-corrected chi connectivity index (χ0v) is 21.1. The van der Waals surface area contributed by atoms with Gasteiger partial charge in [-0.2, -0.15) is 10.2 Å². The van der Waals surface area contributed by atoms with E-state index in [1.165, 1.54) is 6.33 Å². The van der Waals surface area contributed by atoms with E-state index in [2.05, 4.69) is 48.2 Å². The van der Waals surface area contributed by atoms with Crippen molar-refractivity contribution in [2.75, 3.05) is 63.8 Å². The molecule has 0 radical (unpaired) electrons. The molecule has 2 saturated heterocycles. The van der Waals surface area contributed by atoms with E-state index in [1.54, 1.807) is 25.4 Å². The highest BCUT2D eigenvalue weighted by Crippen LogP contribution is 2.30. The number of hydrogen-bond acceptors (Lipinski definition) is 11. The highest BCUT2D eigenvalue weighted by molar-refractivity contribution is 5.67. The molecule has 0 spiro atoms. The Morgan fingerprint density at radius 2 is 1.84 bits per heavy atom. The standard InChI is InChI=1S/C26H30N8O3/c1-33-7-9-34(10-8-33)22-3-4-23(32-26(22)35-2)31-24-14-21(29-17-30-24)19-13-18(15-27)25(28-16-19)37-20-5-11-36-12-6-20/h3-4,13-14,16-17,20H,5-12H2,1-2H3,(H,29,30,31,32). The Kier molecular flexibility index (Phi) is 7.58. The van der Waals surface area contributed by atoms with Crippen LogP contribution in [0.3, 0.4) is 0 Å². The van der Waals surface area contributed by atoms with Crippen LogP contribution in [0.25, 0.3) is 11.3 Å². The third-order valence-corrected chi connectivity index (χ3v) is 6.51. The topological polar surface area (TPSA) is 122 Å². The van der Waals surface area contributed by atoms with Crippen molar-refractivity contribution in [2.24, 2.45) is 0 Å². The Bertz CT molecular complexity index is 1270. The van der Waals surface area contributed by atoms with Crippen LogP contribution in [0.5, 0.6) is 11.8 Å². The lowest BCUT2D eigenvalue weighted by atomic mass is 10.1. The smallest absolute Gasteiger partial charge is 0.239 e. The number of likely N-dealkylation sites (N-methyl/N-ethyl adjacent to an activating group) is 1. The summed E-state index contributed by atoms with van der Waals surface area (Å²) in [4.78, 5) is 22.4. The summed E-state index contributed by atoms with van der Waals surface area (Å²) in [5.74, 6) is 2.07. The summed E-state index contributed by atoms with van der Waals surface area (Å²) in [6.07, 6.45) is 4.69. The summed E-state index contributed by atoms with van der Waals surface area (Å²) in [6, 6.07) is 9.64. The number of nitriles is 1. The van der Waals surface area contributed by atoms with Crippen molar-refractivity contribution in [1.82, 2.24) is 24.8 Å². The molecular weight excluding hydrogens is 472 g/mol. The number of methoxy groups -OCH3 is 1. The molecule has 11 nitrogen and oxygen atoms in total. The first-order valence-corrected chi connectivity index (χ1v) is 12.4. The molecule has 5 heterocycles.